The Hall–Kier alpha value is -2.14. The number of benzene rings is 2. The van der Waals surface area contributed by atoms with Gasteiger partial charge in [-0.2, -0.15) is 0 Å². The third-order valence-corrected chi connectivity index (χ3v) is 8.97. The molecule has 0 bridgehead atoms. The molecular formula is C29H29NS3. The molecule has 0 aliphatic carbocycles. The third-order valence-electron chi connectivity index (χ3n) is 5.89. The minimum atomic E-state index is 0.0810. The fourth-order valence-electron chi connectivity index (χ4n) is 4.39. The van der Waals surface area contributed by atoms with Crippen LogP contribution in [0.15, 0.2) is 70.4 Å². The summed E-state index contributed by atoms with van der Waals surface area (Å²) in [5.41, 5.74) is 3.78. The zero-order valence-corrected chi connectivity index (χ0v) is 22.3. The molecule has 5 aromatic rings. The summed E-state index contributed by atoms with van der Waals surface area (Å²) in [6.07, 6.45) is 3.01. The van der Waals surface area contributed by atoms with E-state index in [0.717, 1.165) is 12.1 Å². The van der Waals surface area contributed by atoms with Crippen LogP contribution in [0.5, 0.6) is 0 Å². The van der Waals surface area contributed by atoms with Gasteiger partial charge in [0.1, 0.15) is 0 Å². The SMILES string of the molecule is C=C(CC(C)C)Sc1ccc2c(c1)sc1c(-c3cc(C(C)(C)C)c4sccc4c3)nccc12. The molecule has 0 atom stereocenters. The van der Waals surface area contributed by atoms with Gasteiger partial charge in [-0.05, 0) is 75.4 Å². The van der Waals surface area contributed by atoms with Crippen LogP contribution in [-0.2, 0) is 5.41 Å². The molecule has 3 aromatic heterocycles. The van der Waals surface area contributed by atoms with Crippen LogP contribution in [0.1, 0.15) is 46.6 Å². The molecule has 0 unspecified atom stereocenters. The molecule has 2 aromatic carbocycles. The minimum Gasteiger partial charge on any atom is -0.255 e. The minimum absolute atomic E-state index is 0.0810. The van der Waals surface area contributed by atoms with Crippen molar-refractivity contribution < 1.29 is 0 Å². The zero-order valence-electron chi connectivity index (χ0n) is 19.9. The molecular weight excluding hydrogens is 459 g/mol. The highest BCUT2D eigenvalue weighted by Gasteiger charge is 2.21. The van der Waals surface area contributed by atoms with E-state index in [1.54, 1.807) is 11.8 Å². The number of thiophene rings is 2. The standard InChI is InChI=1S/C29H29NS3/c1-17(2)13-18(3)32-21-7-8-22-23-9-11-30-26(28(23)33-25(22)16-21)20-14-19-10-12-31-27(19)24(15-20)29(4,5)6/h7-12,14-17H,3,13H2,1-2,4-6H3. The van der Waals surface area contributed by atoms with Gasteiger partial charge in [-0.25, -0.2) is 0 Å². The van der Waals surface area contributed by atoms with Gasteiger partial charge in [0.05, 0.1) is 10.4 Å². The van der Waals surface area contributed by atoms with Crippen molar-refractivity contribution in [2.45, 2.75) is 51.3 Å². The van der Waals surface area contributed by atoms with E-state index in [1.165, 1.54) is 51.2 Å². The average molecular weight is 488 g/mol. The summed E-state index contributed by atoms with van der Waals surface area (Å²) < 4.78 is 3.97. The van der Waals surface area contributed by atoms with Crippen molar-refractivity contribution >= 4 is 64.7 Å². The van der Waals surface area contributed by atoms with Crippen LogP contribution < -0.4 is 0 Å². The molecule has 0 spiro atoms. The van der Waals surface area contributed by atoms with Gasteiger partial charge in [0.15, 0.2) is 0 Å². The number of thioether (sulfide) groups is 1. The molecule has 168 valence electrons. The Labute approximate surface area is 208 Å². The molecule has 0 N–H and O–H groups in total. The number of nitrogens with zero attached hydrogens (tertiary/aromatic N) is 1. The van der Waals surface area contributed by atoms with Crippen LogP contribution in [0.25, 0.3) is 41.5 Å². The number of rotatable bonds is 5. The van der Waals surface area contributed by atoms with E-state index in [2.05, 4.69) is 89.0 Å². The van der Waals surface area contributed by atoms with Crippen LogP contribution in [0, 0.1) is 5.92 Å². The lowest BCUT2D eigenvalue weighted by atomic mass is 9.85. The third kappa shape index (κ3) is 4.37. The summed E-state index contributed by atoms with van der Waals surface area (Å²) in [5.74, 6) is 0.630. The number of allylic oxidation sites excluding steroid dienone is 1. The predicted molar refractivity (Wildman–Crippen MR) is 151 cm³/mol. The first-order valence-corrected chi connectivity index (χ1v) is 13.9. The van der Waals surface area contributed by atoms with Crippen LogP contribution in [0.3, 0.4) is 0 Å². The van der Waals surface area contributed by atoms with E-state index < -0.39 is 0 Å². The van der Waals surface area contributed by atoms with Gasteiger partial charge < -0.3 is 0 Å². The summed E-state index contributed by atoms with van der Waals surface area (Å²) >= 11 is 5.49. The molecule has 5 rings (SSSR count). The molecule has 0 fully saturated rings. The van der Waals surface area contributed by atoms with Gasteiger partial charge in [0.2, 0.25) is 0 Å². The van der Waals surface area contributed by atoms with Gasteiger partial charge in [0, 0.05) is 36.8 Å². The quantitative estimate of drug-likeness (QED) is 0.229. The maximum atomic E-state index is 4.88. The molecule has 0 saturated carbocycles. The number of aromatic nitrogens is 1. The highest BCUT2D eigenvalue weighted by Crippen LogP contribution is 2.43. The van der Waals surface area contributed by atoms with Gasteiger partial charge in [-0.3, -0.25) is 4.98 Å². The normalized spacial score (nSPS) is 12.4. The van der Waals surface area contributed by atoms with Crippen molar-refractivity contribution in [2.75, 3.05) is 0 Å². The smallest absolute Gasteiger partial charge is 0.0880 e. The summed E-state index contributed by atoms with van der Waals surface area (Å²) in [4.78, 5) is 7.38. The van der Waals surface area contributed by atoms with E-state index in [1.807, 2.05) is 28.9 Å². The molecule has 3 heterocycles. The second-order valence-electron chi connectivity index (χ2n) is 10.1. The summed E-state index contributed by atoms with van der Waals surface area (Å²) in [5, 5.41) is 6.11. The maximum Gasteiger partial charge on any atom is 0.0880 e. The van der Waals surface area contributed by atoms with Gasteiger partial charge >= 0.3 is 0 Å². The molecule has 0 amide bonds. The first-order chi connectivity index (χ1) is 15.7. The van der Waals surface area contributed by atoms with E-state index in [9.17, 15) is 0 Å². The monoisotopic (exact) mass is 487 g/mol. The number of hydrogen-bond donors (Lipinski definition) is 0. The zero-order chi connectivity index (χ0) is 23.3. The fourth-order valence-corrected chi connectivity index (χ4v) is 7.88. The Kier molecular flexibility index (Phi) is 5.88. The van der Waals surface area contributed by atoms with E-state index in [-0.39, 0.29) is 5.41 Å². The summed E-state index contributed by atoms with van der Waals surface area (Å²) in [6.45, 7) is 15.7. The fraction of sp³-hybridized carbons (Fsp3) is 0.276. The number of pyridine rings is 1. The van der Waals surface area contributed by atoms with Crippen molar-refractivity contribution in [3.05, 3.63) is 71.1 Å². The van der Waals surface area contributed by atoms with Crippen molar-refractivity contribution in [2.24, 2.45) is 5.92 Å². The van der Waals surface area contributed by atoms with E-state index in [4.69, 9.17) is 4.98 Å². The van der Waals surface area contributed by atoms with Gasteiger partial charge in [-0.15, -0.1) is 22.7 Å². The second kappa shape index (κ2) is 8.57. The van der Waals surface area contributed by atoms with Crippen LogP contribution >= 0.6 is 34.4 Å². The largest absolute Gasteiger partial charge is 0.255 e. The lowest BCUT2D eigenvalue weighted by Crippen LogP contribution is -2.11. The molecule has 33 heavy (non-hydrogen) atoms. The van der Waals surface area contributed by atoms with Gasteiger partial charge in [0.25, 0.3) is 0 Å². The Morgan fingerprint density at radius 2 is 1.85 bits per heavy atom. The molecule has 0 aliphatic rings. The summed E-state index contributed by atoms with van der Waals surface area (Å²) in [6, 6.07) is 15.9. The summed E-state index contributed by atoms with van der Waals surface area (Å²) in [7, 11) is 0. The molecule has 0 radical (unpaired) electrons. The number of hydrogen-bond acceptors (Lipinski definition) is 4. The van der Waals surface area contributed by atoms with Crippen molar-refractivity contribution in [1.82, 2.24) is 4.98 Å². The Morgan fingerprint density at radius 3 is 2.61 bits per heavy atom. The molecule has 1 nitrogen and oxygen atoms in total. The predicted octanol–water partition coefficient (Wildman–Crippen LogP) is 10.3. The van der Waals surface area contributed by atoms with Crippen LogP contribution in [0.2, 0.25) is 0 Å². The van der Waals surface area contributed by atoms with E-state index in [0.29, 0.717) is 5.92 Å². The van der Waals surface area contributed by atoms with Crippen LogP contribution in [0.4, 0.5) is 0 Å². The molecule has 0 aliphatic heterocycles. The highest BCUT2D eigenvalue weighted by molar-refractivity contribution is 8.03. The lowest BCUT2D eigenvalue weighted by molar-refractivity contribution is 0.597. The van der Waals surface area contributed by atoms with E-state index >= 15 is 0 Å². The lowest BCUT2D eigenvalue weighted by Gasteiger charge is -2.21. The topological polar surface area (TPSA) is 12.9 Å². The van der Waals surface area contributed by atoms with Crippen molar-refractivity contribution in [3.8, 4) is 11.3 Å². The molecule has 4 heteroatoms. The second-order valence-corrected chi connectivity index (χ2v) is 13.4. The van der Waals surface area contributed by atoms with Gasteiger partial charge in [-0.1, -0.05) is 59.0 Å². The maximum absolute atomic E-state index is 4.88. The highest BCUT2D eigenvalue weighted by atomic mass is 32.2. The number of fused-ring (bicyclic) bond motifs is 4. The van der Waals surface area contributed by atoms with Crippen molar-refractivity contribution in [3.63, 3.8) is 0 Å². The van der Waals surface area contributed by atoms with Crippen LogP contribution in [-0.4, -0.2) is 4.98 Å². The Balaban J connectivity index is 1.64. The molecule has 0 saturated heterocycles. The first kappa shape index (κ1) is 22.6. The Morgan fingerprint density at radius 1 is 1.03 bits per heavy atom. The Bertz CT molecular complexity index is 1490. The first-order valence-electron chi connectivity index (χ1n) is 11.4. The average Bonchev–Trinajstić information content (AvgIpc) is 3.35. The van der Waals surface area contributed by atoms with Crippen molar-refractivity contribution in [1.29, 1.82) is 0 Å².